The summed E-state index contributed by atoms with van der Waals surface area (Å²) >= 11 is 11.8. The lowest BCUT2D eigenvalue weighted by molar-refractivity contribution is 0.262. The van der Waals surface area contributed by atoms with Gasteiger partial charge in [0.25, 0.3) is 0 Å². The van der Waals surface area contributed by atoms with Crippen molar-refractivity contribution in [2.45, 2.75) is 0 Å². The van der Waals surface area contributed by atoms with Crippen LogP contribution in [0.2, 0.25) is 10.0 Å². The van der Waals surface area contributed by atoms with Crippen LogP contribution in [-0.4, -0.2) is 13.1 Å². The number of amides is 2. The fourth-order valence-electron chi connectivity index (χ4n) is 1.67. The average molecular weight is 326 g/mol. The van der Waals surface area contributed by atoms with Gasteiger partial charge in [-0.1, -0.05) is 23.2 Å². The van der Waals surface area contributed by atoms with E-state index in [0.717, 1.165) is 0 Å². The Morgan fingerprint density at radius 2 is 1.90 bits per heavy atom. The topological polar surface area (TPSA) is 76.4 Å². The fraction of sp³-hybridized carbons (Fsp3) is 0.0714. The van der Waals surface area contributed by atoms with Gasteiger partial charge in [-0.2, -0.15) is 0 Å². The number of hydrogen-bond donors (Lipinski definition) is 3. The number of ether oxygens (including phenoxy) is 1. The van der Waals surface area contributed by atoms with E-state index in [4.69, 9.17) is 33.7 Å². The summed E-state index contributed by atoms with van der Waals surface area (Å²) in [7, 11) is 1.51. The van der Waals surface area contributed by atoms with Crippen LogP contribution in [0, 0.1) is 0 Å². The number of urea groups is 1. The van der Waals surface area contributed by atoms with Gasteiger partial charge >= 0.3 is 6.03 Å². The molecule has 0 saturated carbocycles. The molecule has 0 aliphatic rings. The van der Waals surface area contributed by atoms with Crippen LogP contribution >= 0.6 is 23.2 Å². The molecule has 0 aliphatic carbocycles. The van der Waals surface area contributed by atoms with Crippen molar-refractivity contribution in [2.24, 2.45) is 0 Å². The van der Waals surface area contributed by atoms with Crippen LogP contribution in [0.25, 0.3) is 0 Å². The van der Waals surface area contributed by atoms with E-state index in [-0.39, 0.29) is 0 Å². The molecule has 2 aromatic rings. The van der Waals surface area contributed by atoms with Crippen molar-refractivity contribution in [1.82, 2.24) is 0 Å². The molecule has 5 nitrogen and oxygen atoms in total. The molecule has 2 aromatic carbocycles. The van der Waals surface area contributed by atoms with Gasteiger partial charge in [0.05, 0.1) is 23.5 Å². The summed E-state index contributed by atoms with van der Waals surface area (Å²) in [6.07, 6.45) is 0. The molecule has 0 fully saturated rings. The Morgan fingerprint density at radius 3 is 2.57 bits per heavy atom. The number of rotatable bonds is 3. The fourth-order valence-corrected chi connectivity index (χ4v) is 2.02. The van der Waals surface area contributed by atoms with Crippen molar-refractivity contribution in [3.63, 3.8) is 0 Å². The molecule has 0 radical (unpaired) electrons. The van der Waals surface area contributed by atoms with E-state index in [1.54, 1.807) is 36.4 Å². The highest BCUT2D eigenvalue weighted by molar-refractivity contribution is 6.33. The Hall–Kier alpha value is -2.11. The maximum absolute atomic E-state index is 12.0. The normalized spacial score (nSPS) is 10.0. The number of hydrogen-bond acceptors (Lipinski definition) is 3. The third-order valence-corrected chi connectivity index (χ3v) is 3.23. The molecule has 2 amide bonds. The highest BCUT2D eigenvalue weighted by Gasteiger charge is 2.09. The van der Waals surface area contributed by atoms with Crippen molar-refractivity contribution in [2.75, 3.05) is 23.5 Å². The summed E-state index contributed by atoms with van der Waals surface area (Å²) in [6.45, 7) is 0. The lowest BCUT2D eigenvalue weighted by Crippen LogP contribution is -2.19. The smallest absolute Gasteiger partial charge is 0.323 e. The van der Waals surface area contributed by atoms with Crippen molar-refractivity contribution < 1.29 is 9.53 Å². The minimum atomic E-state index is -0.448. The number of benzene rings is 2. The molecule has 7 heteroatoms. The van der Waals surface area contributed by atoms with E-state index in [0.29, 0.717) is 32.9 Å². The van der Waals surface area contributed by atoms with Gasteiger partial charge in [0.2, 0.25) is 0 Å². The largest absolute Gasteiger partial charge is 0.495 e. The Morgan fingerprint density at radius 1 is 1.14 bits per heavy atom. The lowest BCUT2D eigenvalue weighted by atomic mass is 10.3. The van der Waals surface area contributed by atoms with Gasteiger partial charge < -0.3 is 21.1 Å². The van der Waals surface area contributed by atoms with Crippen LogP contribution in [0.4, 0.5) is 21.9 Å². The molecule has 21 heavy (non-hydrogen) atoms. The molecule has 0 heterocycles. The summed E-state index contributed by atoms with van der Waals surface area (Å²) in [5.41, 5.74) is 7.03. The van der Waals surface area contributed by atoms with Crippen LogP contribution in [0.1, 0.15) is 0 Å². The van der Waals surface area contributed by atoms with Crippen LogP contribution in [0.5, 0.6) is 5.75 Å². The van der Waals surface area contributed by atoms with Crippen molar-refractivity contribution in [3.05, 3.63) is 46.4 Å². The molecule has 0 atom stereocenters. The second-order valence-electron chi connectivity index (χ2n) is 4.16. The molecule has 4 N–H and O–H groups in total. The van der Waals surface area contributed by atoms with Gasteiger partial charge in [-0.05, 0) is 36.4 Å². The van der Waals surface area contributed by atoms with Crippen LogP contribution in [0.15, 0.2) is 36.4 Å². The van der Waals surface area contributed by atoms with Crippen LogP contribution in [0.3, 0.4) is 0 Å². The van der Waals surface area contributed by atoms with Gasteiger partial charge in [-0.3, -0.25) is 0 Å². The maximum Gasteiger partial charge on any atom is 0.323 e. The molecule has 0 aromatic heterocycles. The van der Waals surface area contributed by atoms with Gasteiger partial charge in [-0.15, -0.1) is 0 Å². The van der Waals surface area contributed by atoms with E-state index in [2.05, 4.69) is 10.6 Å². The number of halogens is 2. The highest BCUT2D eigenvalue weighted by Crippen LogP contribution is 2.28. The molecule has 0 bridgehead atoms. The number of carbonyl (C=O) groups is 1. The van der Waals surface area contributed by atoms with Gasteiger partial charge in [0, 0.05) is 10.7 Å². The van der Waals surface area contributed by atoms with Crippen LogP contribution in [-0.2, 0) is 0 Å². The zero-order valence-corrected chi connectivity index (χ0v) is 12.6. The molecule has 0 spiro atoms. The number of nitrogen functional groups attached to an aromatic ring is 1. The maximum atomic E-state index is 12.0. The Labute approximate surface area is 132 Å². The molecule has 0 aliphatic heterocycles. The predicted molar refractivity (Wildman–Crippen MR) is 86.5 cm³/mol. The number of methoxy groups -OCH3 is 1. The minimum Gasteiger partial charge on any atom is -0.495 e. The van der Waals surface area contributed by atoms with Gasteiger partial charge in [-0.25, -0.2) is 4.79 Å². The first kappa shape index (κ1) is 15.3. The number of nitrogens with one attached hydrogen (secondary N) is 2. The van der Waals surface area contributed by atoms with Crippen LogP contribution < -0.4 is 21.1 Å². The number of carbonyl (C=O) groups excluding carboxylic acids is 1. The monoisotopic (exact) mass is 325 g/mol. The van der Waals surface area contributed by atoms with Crippen molar-refractivity contribution in [1.29, 1.82) is 0 Å². The quantitative estimate of drug-likeness (QED) is 0.739. The number of anilines is 3. The van der Waals surface area contributed by atoms with Gasteiger partial charge in [0.15, 0.2) is 0 Å². The zero-order chi connectivity index (χ0) is 15.4. The first-order chi connectivity index (χ1) is 9.99. The van der Waals surface area contributed by atoms with E-state index >= 15 is 0 Å². The average Bonchev–Trinajstić information content (AvgIpc) is 2.43. The third kappa shape index (κ3) is 3.93. The van der Waals surface area contributed by atoms with E-state index in [9.17, 15) is 4.79 Å². The van der Waals surface area contributed by atoms with E-state index in [1.807, 2.05) is 0 Å². The SMILES string of the molecule is COc1ccc(Cl)cc1NC(=O)Nc1ccc(N)c(Cl)c1. The van der Waals surface area contributed by atoms with E-state index in [1.165, 1.54) is 7.11 Å². The van der Waals surface area contributed by atoms with Crippen molar-refractivity contribution >= 4 is 46.3 Å². The highest BCUT2D eigenvalue weighted by atomic mass is 35.5. The standard InChI is InChI=1S/C14H13Cl2N3O2/c1-21-13-5-2-8(15)6-12(13)19-14(20)18-9-3-4-11(17)10(16)7-9/h2-7H,17H2,1H3,(H2,18,19,20). The molecular formula is C14H13Cl2N3O2. The summed E-state index contributed by atoms with van der Waals surface area (Å²) in [6, 6.07) is 9.30. The second kappa shape index (κ2) is 6.56. The van der Waals surface area contributed by atoms with E-state index < -0.39 is 6.03 Å². The summed E-state index contributed by atoms with van der Waals surface area (Å²) in [5.74, 6) is 0.505. The third-order valence-electron chi connectivity index (χ3n) is 2.67. The first-order valence-electron chi connectivity index (χ1n) is 5.96. The molecule has 0 saturated heterocycles. The van der Waals surface area contributed by atoms with Crippen molar-refractivity contribution in [3.8, 4) is 5.75 Å². The molecule has 110 valence electrons. The lowest BCUT2D eigenvalue weighted by Gasteiger charge is -2.12. The first-order valence-corrected chi connectivity index (χ1v) is 6.72. The molecule has 0 unspecified atom stereocenters. The Bertz CT molecular complexity index is 677. The zero-order valence-electron chi connectivity index (χ0n) is 11.1. The Balaban J connectivity index is 2.11. The number of nitrogens with two attached hydrogens (primary N) is 1. The summed E-state index contributed by atoms with van der Waals surface area (Å²) < 4.78 is 5.15. The summed E-state index contributed by atoms with van der Waals surface area (Å²) in [5, 5.41) is 6.15. The van der Waals surface area contributed by atoms with Gasteiger partial charge in [0.1, 0.15) is 5.75 Å². The summed E-state index contributed by atoms with van der Waals surface area (Å²) in [4.78, 5) is 12.0. The second-order valence-corrected chi connectivity index (χ2v) is 5.00. The Kier molecular flexibility index (Phi) is 4.77. The predicted octanol–water partition coefficient (Wildman–Crippen LogP) is 4.23. The molecular weight excluding hydrogens is 313 g/mol. The molecule has 2 rings (SSSR count). The minimum absolute atomic E-state index is 0.369.